The summed E-state index contributed by atoms with van der Waals surface area (Å²) in [6, 6.07) is 3.83. The Hall–Kier alpha value is -2.77. The van der Waals surface area contributed by atoms with Crippen LogP contribution in [0.3, 0.4) is 0 Å². The molecule has 0 bridgehead atoms. The first-order valence-corrected chi connectivity index (χ1v) is 7.70. The fraction of sp³-hybridized carbons (Fsp3) is 0.471. The van der Waals surface area contributed by atoms with Crippen LogP contribution in [0.4, 0.5) is 0 Å². The van der Waals surface area contributed by atoms with E-state index in [0.717, 1.165) is 4.90 Å². The Kier molecular flexibility index (Phi) is 7.22. The van der Waals surface area contributed by atoms with E-state index in [9.17, 15) is 14.4 Å². The van der Waals surface area contributed by atoms with Gasteiger partial charge in [0.25, 0.3) is 5.91 Å². The summed E-state index contributed by atoms with van der Waals surface area (Å²) < 4.78 is 10.3. The molecule has 0 aromatic heterocycles. The molecule has 2 amide bonds. The molecule has 0 saturated carbocycles. The first-order valence-electron chi connectivity index (χ1n) is 7.70. The van der Waals surface area contributed by atoms with Gasteiger partial charge in [0, 0.05) is 18.7 Å². The molecule has 25 heavy (non-hydrogen) atoms. The highest BCUT2D eigenvalue weighted by Crippen LogP contribution is 2.22. The number of carbonyl (C=O) groups excluding carboxylic acids is 2. The van der Waals surface area contributed by atoms with Crippen LogP contribution in [0.25, 0.3) is 0 Å². The van der Waals surface area contributed by atoms with Crippen molar-refractivity contribution in [2.75, 3.05) is 27.8 Å². The molecule has 0 aliphatic carbocycles. The van der Waals surface area contributed by atoms with E-state index in [0.29, 0.717) is 11.5 Å². The topological polar surface area (TPSA) is 105 Å². The van der Waals surface area contributed by atoms with Gasteiger partial charge in [-0.2, -0.15) is 0 Å². The number of likely N-dealkylation sites (N-methyl/N-ethyl adjacent to an activating group) is 1. The van der Waals surface area contributed by atoms with Gasteiger partial charge >= 0.3 is 5.97 Å². The first-order chi connectivity index (χ1) is 11.7. The van der Waals surface area contributed by atoms with Gasteiger partial charge in [0.15, 0.2) is 0 Å². The van der Waals surface area contributed by atoms with Crippen LogP contribution in [0.5, 0.6) is 11.5 Å². The van der Waals surface area contributed by atoms with E-state index in [1.54, 1.807) is 19.9 Å². The lowest BCUT2D eigenvalue weighted by atomic mass is 10.0. The minimum Gasteiger partial charge on any atom is -0.497 e. The molecule has 2 N–H and O–H groups in total. The monoisotopic (exact) mass is 352 g/mol. The molecular formula is C17H24N2O6. The third-order valence-corrected chi connectivity index (χ3v) is 3.58. The van der Waals surface area contributed by atoms with Crippen LogP contribution < -0.4 is 14.8 Å². The molecule has 8 nitrogen and oxygen atoms in total. The number of hydrogen-bond donors (Lipinski definition) is 2. The lowest BCUT2D eigenvalue weighted by molar-refractivity contribution is -0.144. The third-order valence-electron chi connectivity index (χ3n) is 3.58. The predicted octanol–water partition coefficient (Wildman–Crippen LogP) is 1.00. The summed E-state index contributed by atoms with van der Waals surface area (Å²) >= 11 is 0. The van der Waals surface area contributed by atoms with Crippen LogP contribution in [0.15, 0.2) is 18.2 Å². The summed E-state index contributed by atoms with van der Waals surface area (Å²) in [6.07, 6.45) is 0. The summed E-state index contributed by atoms with van der Waals surface area (Å²) in [7, 11) is 4.32. The van der Waals surface area contributed by atoms with Crippen LogP contribution in [-0.2, 0) is 9.59 Å². The summed E-state index contributed by atoms with van der Waals surface area (Å²) in [6.45, 7) is 3.10. The highest BCUT2D eigenvalue weighted by molar-refractivity contribution is 5.98. The van der Waals surface area contributed by atoms with Gasteiger partial charge in [-0.1, -0.05) is 13.8 Å². The lowest BCUT2D eigenvalue weighted by Gasteiger charge is -2.26. The highest BCUT2D eigenvalue weighted by atomic mass is 16.5. The summed E-state index contributed by atoms with van der Waals surface area (Å²) in [5.74, 6) is -1.41. The molecule has 1 aromatic rings. The van der Waals surface area contributed by atoms with Crippen molar-refractivity contribution in [3.05, 3.63) is 23.8 Å². The Morgan fingerprint density at radius 1 is 1.12 bits per heavy atom. The minimum atomic E-state index is -1.12. The van der Waals surface area contributed by atoms with Gasteiger partial charge in [-0.15, -0.1) is 0 Å². The molecule has 1 aromatic carbocycles. The molecule has 0 saturated heterocycles. The molecule has 0 fully saturated rings. The van der Waals surface area contributed by atoms with Crippen LogP contribution >= 0.6 is 0 Å². The Morgan fingerprint density at radius 3 is 2.04 bits per heavy atom. The Balaban J connectivity index is 3.00. The lowest BCUT2D eigenvalue weighted by Crippen LogP contribution is -2.51. The highest BCUT2D eigenvalue weighted by Gasteiger charge is 2.28. The van der Waals surface area contributed by atoms with Gasteiger partial charge in [0.05, 0.1) is 14.2 Å². The van der Waals surface area contributed by atoms with Crippen molar-refractivity contribution in [1.29, 1.82) is 0 Å². The molecule has 0 aliphatic rings. The summed E-state index contributed by atoms with van der Waals surface area (Å²) in [5.41, 5.74) is 0.274. The fourth-order valence-electron chi connectivity index (χ4n) is 2.19. The molecule has 0 aliphatic heterocycles. The fourth-order valence-corrected chi connectivity index (χ4v) is 2.19. The maximum atomic E-state index is 12.5. The quantitative estimate of drug-likeness (QED) is 0.723. The normalized spacial score (nSPS) is 11.6. The van der Waals surface area contributed by atoms with Crippen molar-refractivity contribution in [2.45, 2.75) is 19.9 Å². The zero-order chi connectivity index (χ0) is 19.1. The van der Waals surface area contributed by atoms with Gasteiger partial charge in [0.1, 0.15) is 24.1 Å². The van der Waals surface area contributed by atoms with E-state index in [4.69, 9.17) is 14.6 Å². The van der Waals surface area contributed by atoms with Crippen molar-refractivity contribution in [3.8, 4) is 11.5 Å². The predicted molar refractivity (Wildman–Crippen MR) is 90.9 cm³/mol. The minimum absolute atomic E-state index is 0.222. The smallest absolute Gasteiger partial charge is 0.323 e. The number of carbonyl (C=O) groups is 3. The van der Waals surface area contributed by atoms with Crippen molar-refractivity contribution in [3.63, 3.8) is 0 Å². The van der Waals surface area contributed by atoms with Crippen LogP contribution in [0, 0.1) is 5.92 Å². The second-order valence-electron chi connectivity index (χ2n) is 5.88. The van der Waals surface area contributed by atoms with E-state index in [-0.39, 0.29) is 11.5 Å². The van der Waals surface area contributed by atoms with Crippen LogP contribution in [0.1, 0.15) is 24.2 Å². The maximum Gasteiger partial charge on any atom is 0.323 e. The van der Waals surface area contributed by atoms with Gasteiger partial charge in [0.2, 0.25) is 5.91 Å². The zero-order valence-corrected chi connectivity index (χ0v) is 15.0. The first kappa shape index (κ1) is 20.3. The largest absolute Gasteiger partial charge is 0.497 e. The molecule has 138 valence electrons. The Morgan fingerprint density at radius 2 is 1.64 bits per heavy atom. The SMILES string of the molecule is COc1cc(OC)cc(C(=O)NC(C(=O)N(C)CC(=O)O)C(C)C)c1. The van der Waals surface area contributed by atoms with E-state index in [1.165, 1.54) is 33.4 Å². The van der Waals surface area contributed by atoms with Crippen molar-refractivity contribution in [1.82, 2.24) is 10.2 Å². The standard InChI is InChI=1S/C17H24N2O6/c1-10(2)15(17(23)19(3)9-14(20)21)18-16(22)11-6-12(24-4)8-13(7-11)25-5/h6-8,10,15H,9H2,1-5H3,(H,18,22)(H,20,21). The molecular weight excluding hydrogens is 328 g/mol. The van der Waals surface area contributed by atoms with Gasteiger partial charge < -0.3 is 24.8 Å². The van der Waals surface area contributed by atoms with Crippen molar-refractivity contribution < 1.29 is 29.0 Å². The molecule has 1 rings (SSSR count). The van der Waals surface area contributed by atoms with Crippen molar-refractivity contribution in [2.24, 2.45) is 5.92 Å². The number of carboxylic acids is 1. The number of benzene rings is 1. The van der Waals surface area contributed by atoms with E-state index in [1.807, 2.05) is 0 Å². The number of carboxylic acid groups (broad SMARTS) is 1. The molecule has 0 heterocycles. The van der Waals surface area contributed by atoms with Crippen LogP contribution in [0.2, 0.25) is 0 Å². The van der Waals surface area contributed by atoms with Crippen molar-refractivity contribution >= 4 is 17.8 Å². The van der Waals surface area contributed by atoms with Gasteiger partial charge in [-0.05, 0) is 18.1 Å². The average molecular weight is 352 g/mol. The number of nitrogens with zero attached hydrogens (tertiary/aromatic N) is 1. The molecule has 8 heteroatoms. The third kappa shape index (κ3) is 5.66. The van der Waals surface area contributed by atoms with E-state index < -0.39 is 30.4 Å². The number of hydrogen-bond acceptors (Lipinski definition) is 5. The number of rotatable bonds is 8. The maximum absolute atomic E-state index is 12.5. The Labute approximate surface area is 146 Å². The molecule has 0 radical (unpaired) electrons. The number of amides is 2. The second-order valence-corrected chi connectivity index (χ2v) is 5.88. The van der Waals surface area contributed by atoms with E-state index in [2.05, 4.69) is 5.32 Å². The molecule has 1 atom stereocenters. The van der Waals surface area contributed by atoms with E-state index >= 15 is 0 Å². The summed E-state index contributed by atoms with van der Waals surface area (Å²) in [4.78, 5) is 36.8. The molecule has 0 spiro atoms. The average Bonchev–Trinajstić information content (AvgIpc) is 2.57. The number of ether oxygens (including phenoxy) is 2. The van der Waals surface area contributed by atoms with Crippen LogP contribution in [-0.4, -0.2) is 61.6 Å². The summed E-state index contributed by atoms with van der Waals surface area (Å²) in [5, 5.41) is 11.5. The second kappa shape index (κ2) is 8.91. The number of aliphatic carboxylic acids is 1. The number of nitrogens with one attached hydrogen (secondary N) is 1. The number of methoxy groups -OCH3 is 2. The zero-order valence-electron chi connectivity index (χ0n) is 15.0. The molecule has 1 unspecified atom stereocenters. The van der Waals surface area contributed by atoms with Gasteiger partial charge in [-0.25, -0.2) is 0 Å². The van der Waals surface area contributed by atoms with Gasteiger partial charge in [-0.3, -0.25) is 14.4 Å². The Bertz CT molecular complexity index is 622.